The summed E-state index contributed by atoms with van der Waals surface area (Å²) in [5.74, 6) is 1.73. The Morgan fingerprint density at radius 2 is 1.42 bits per heavy atom. The van der Waals surface area contributed by atoms with E-state index in [0.717, 1.165) is 23.6 Å². The van der Waals surface area contributed by atoms with Gasteiger partial charge in [-0.3, -0.25) is 0 Å². The fourth-order valence-electron chi connectivity index (χ4n) is 3.31. The molecule has 0 amide bonds. The van der Waals surface area contributed by atoms with Gasteiger partial charge in [0.25, 0.3) is 0 Å². The first kappa shape index (κ1) is 16.3. The summed E-state index contributed by atoms with van der Waals surface area (Å²) in [7, 11) is 3.39. The lowest BCUT2D eigenvalue weighted by Gasteiger charge is -2.12. The minimum Gasteiger partial charge on any atom is -0.497 e. The molecule has 0 saturated heterocycles. The Kier molecular flexibility index (Phi) is 4.36. The average Bonchev–Trinajstić information content (AvgIpc) is 3.06. The van der Waals surface area contributed by atoms with E-state index in [1.165, 1.54) is 22.2 Å². The molecule has 0 atom stereocenters. The number of hydrogen-bond donors (Lipinski definition) is 0. The average molecular weight is 343 g/mol. The van der Waals surface area contributed by atoms with Crippen LogP contribution >= 0.6 is 0 Å². The molecule has 0 N–H and O–H groups in total. The Labute approximate surface area is 153 Å². The van der Waals surface area contributed by atoms with E-state index in [0.29, 0.717) is 0 Å². The second kappa shape index (κ2) is 6.96. The maximum Gasteiger partial charge on any atom is 0.119 e. The quantitative estimate of drug-likeness (QED) is 0.486. The highest BCUT2D eigenvalue weighted by atomic mass is 16.5. The first-order valence-corrected chi connectivity index (χ1v) is 8.64. The summed E-state index contributed by atoms with van der Waals surface area (Å²) in [4.78, 5) is 0. The molecule has 3 heteroatoms. The van der Waals surface area contributed by atoms with Gasteiger partial charge >= 0.3 is 0 Å². The van der Waals surface area contributed by atoms with Crippen molar-refractivity contribution in [2.75, 3.05) is 14.2 Å². The van der Waals surface area contributed by atoms with Crippen molar-refractivity contribution in [3.8, 4) is 22.8 Å². The van der Waals surface area contributed by atoms with Gasteiger partial charge in [0.15, 0.2) is 0 Å². The first-order valence-electron chi connectivity index (χ1n) is 8.64. The number of methoxy groups -OCH3 is 2. The molecular weight excluding hydrogens is 322 g/mol. The van der Waals surface area contributed by atoms with Gasteiger partial charge in [0.05, 0.1) is 14.2 Å². The maximum atomic E-state index is 5.40. The Hall–Kier alpha value is -3.20. The molecule has 0 saturated carbocycles. The van der Waals surface area contributed by atoms with E-state index in [-0.39, 0.29) is 0 Å². The van der Waals surface area contributed by atoms with Crippen LogP contribution in [0.2, 0.25) is 0 Å². The molecule has 0 aliphatic rings. The van der Waals surface area contributed by atoms with Crippen molar-refractivity contribution in [1.82, 2.24) is 4.57 Å². The van der Waals surface area contributed by atoms with Crippen LogP contribution in [-0.2, 0) is 6.54 Å². The minimum absolute atomic E-state index is 0.817. The normalized spacial score (nSPS) is 10.8. The summed E-state index contributed by atoms with van der Waals surface area (Å²) in [5, 5.41) is 1.17. The summed E-state index contributed by atoms with van der Waals surface area (Å²) in [6, 6.07) is 27.2. The van der Waals surface area contributed by atoms with Gasteiger partial charge in [-0.05, 0) is 59.7 Å². The lowest BCUT2D eigenvalue weighted by Crippen LogP contribution is -2.01. The van der Waals surface area contributed by atoms with Gasteiger partial charge in [0.2, 0.25) is 0 Å². The fourth-order valence-corrected chi connectivity index (χ4v) is 3.31. The third-order valence-electron chi connectivity index (χ3n) is 4.68. The van der Waals surface area contributed by atoms with E-state index in [1.54, 1.807) is 14.2 Å². The number of aromatic nitrogens is 1. The molecule has 0 fully saturated rings. The van der Waals surface area contributed by atoms with E-state index in [1.807, 2.05) is 24.3 Å². The number of nitrogens with zero attached hydrogens (tertiary/aromatic N) is 1. The Morgan fingerprint density at radius 3 is 2.12 bits per heavy atom. The highest BCUT2D eigenvalue weighted by Crippen LogP contribution is 2.32. The molecule has 0 aliphatic heterocycles. The van der Waals surface area contributed by atoms with E-state index in [2.05, 4.69) is 59.2 Å². The Morgan fingerprint density at radius 1 is 0.731 bits per heavy atom. The molecule has 130 valence electrons. The van der Waals surface area contributed by atoms with E-state index in [4.69, 9.17) is 9.47 Å². The number of rotatable bonds is 5. The maximum absolute atomic E-state index is 5.40. The van der Waals surface area contributed by atoms with Crippen molar-refractivity contribution in [2.45, 2.75) is 6.54 Å². The molecule has 0 unspecified atom stereocenters. The van der Waals surface area contributed by atoms with Crippen LogP contribution in [0.4, 0.5) is 0 Å². The van der Waals surface area contributed by atoms with E-state index in [9.17, 15) is 0 Å². The van der Waals surface area contributed by atoms with Gasteiger partial charge < -0.3 is 14.0 Å². The summed E-state index contributed by atoms with van der Waals surface area (Å²) in [6.07, 6.45) is 0. The first-order chi connectivity index (χ1) is 12.8. The molecule has 1 aromatic heterocycles. The van der Waals surface area contributed by atoms with Crippen LogP contribution in [0.1, 0.15) is 5.56 Å². The van der Waals surface area contributed by atoms with Crippen LogP contribution in [0.3, 0.4) is 0 Å². The van der Waals surface area contributed by atoms with Crippen LogP contribution in [0.15, 0.2) is 78.9 Å². The Balaban J connectivity index is 1.87. The predicted molar refractivity (Wildman–Crippen MR) is 106 cm³/mol. The number of benzene rings is 3. The standard InChI is InChI=1S/C23H21NO2/c1-25-20-10-8-18(9-11-20)23-15-19-14-21(26-2)12-13-22(19)24(23)16-17-6-4-3-5-7-17/h3-15H,16H2,1-2H3. The smallest absolute Gasteiger partial charge is 0.119 e. The zero-order valence-corrected chi connectivity index (χ0v) is 15.0. The molecule has 0 radical (unpaired) electrons. The third kappa shape index (κ3) is 3.04. The SMILES string of the molecule is COc1ccc(-c2cc3cc(OC)ccc3n2Cc2ccccc2)cc1. The number of ether oxygens (including phenoxy) is 2. The molecule has 0 bridgehead atoms. The molecule has 3 aromatic carbocycles. The second-order valence-corrected chi connectivity index (χ2v) is 6.25. The lowest BCUT2D eigenvalue weighted by atomic mass is 10.1. The molecule has 26 heavy (non-hydrogen) atoms. The molecule has 1 heterocycles. The Bertz CT molecular complexity index is 1020. The van der Waals surface area contributed by atoms with Crippen LogP contribution in [0, 0.1) is 0 Å². The zero-order valence-electron chi connectivity index (χ0n) is 15.0. The van der Waals surface area contributed by atoms with Crippen molar-refractivity contribution < 1.29 is 9.47 Å². The van der Waals surface area contributed by atoms with Crippen LogP contribution < -0.4 is 9.47 Å². The highest BCUT2D eigenvalue weighted by Gasteiger charge is 2.12. The molecule has 4 aromatic rings. The van der Waals surface area contributed by atoms with Gasteiger partial charge in [-0.1, -0.05) is 30.3 Å². The lowest BCUT2D eigenvalue weighted by molar-refractivity contribution is 0.415. The van der Waals surface area contributed by atoms with Gasteiger partial charge in [-0.2, -0.15) is 0 Å². The van der Waals surface area contributed by atoms with Gasteiger partial charge in [-0.15, -0.1) is 0 Å². The highest BCUT2D eigenvalue weighted by molar-refractivity contribution is 5.88. The van der Waals surface area contributed by atoms with Crippen LogP contribution in [0.5, 0.6) is 11.5 Å². The van der Waals surface area contributed by atoms with Gasteiger partial charge in [0.1, 0.15) is 11.5 Å². The summed E-state index contributed by atoms with van der Waals surface area (Å²) >= 11 is 0. The summed E-state index contributed by atoms with van der Waals surface area (Å²) < 4.78 is 13.0. The predicted octanol–water partition coefficient (Wildman–Crippen LogP) is 5.37. The molecule has 4 rings (SSSR count). The molecule has 3 nitrogen and oxygen atoms in total. The molecule has 0 aliphatic carbocycles. The molecular formula is C23H21NO2. The topological polar surface area (TPSA) is 23.4 Å². The van der Waals surface area contributed by atoms with Crippen molar-refractivity contribution >= 4 is 10.9 Å². The van der Waals surface area contributed by atoms with Gasteiger partial charge in [0, 0.05) is 23.1 Å². The van der Waals surface area contributed by atoms with Crippen LogP contribution in [-0.4, -0.2) is 18.8 Å². The molecule has 0 spiro atoms. The third-order valence-corrected chi connectivity index (χ3v) is 4.68. The minimum atomic E-state index is 0.817. The summed E-state index contributed by atoms with van der Waals surface area (Å²) in [6.45, 7) is 0.817. The van der Waals surface area contributed by atoms with Crippen molar-refractivity contribution in [2.24, 2.45) is 0 Å². The van der Waals surface area contributed by atoms with Crippen molar-refractivity contribution in [3.05, 3.63) is 84.4 Å². The van der Waals surface area contributed by atoms with Crippen LogP contribution in [0.25, 0.3) is 22.2 Å². The van der Waals surface area contributed by atoms with E-state index >= 15 is 0 Å². The fraction of sp³-hybridized carbons (Fsp3) is 0.130. The van der Waals surface area contributed by atoms with Crippen molar-refractivity contribution in [3.63, 3.8) is 0 Å². The second-order valence-electron chi connectivity index (χ2n) is 6.25. The monoisotopic (exact) mass is 343 g/mol. The van der Waals surface area contributed by atoms with Gasteiger partial charge in [-0.25, -0.2) is 0 Å². The largest absolute Gasteiger partial charge is 0.497 e. The number of hydrogen-bond acceptors (Lipinski definition) is 2. The van der Waals surface area contributed by atoms with Crippen molar-refractivity contribution in [1.29, 1.82) is 0 Å². The summed E-state index contributed by atoms with van der Waals surface area (Å²) in [5.41, 5.74) is 4.81. The van der Waals surface area contributed by atoms with E-state index < -0.39 is 0 Å². The number of fused-ring (bicyclic) bond motifs is 1. The zero-order chi connectivity index (χ0) is 17.9.